The number of hydrogen-bond donors (Lipinski definition) is 0. The minimum absolute atomic E-state index is 0.0649. The van der Waals surface area contributed by atoms with Gasteiger partial charge >= 0.3 is 0 Å². The van der Waals surface area contributed by atoms with Crippen LogP contribution in [-0.4, -0.2) is 89.8 Å². The molecular weight excluding hydrogens is 334 g/mol. The molecule has 2 aliphatic rings. The van der Waals surface area contributed by atoms with E-state index in [9.17, 15) is 4.79 Å². The number of carbonyl (C=O) groups is 1. The monoisotopic (exact) mass is 365 g/mol. The molecule has 1 atom stereocenters. The van der Waals surface area contributed by atoms with Gasteiger partial charge in [-0.15, -0.1) is 0 Å². The van der Waals surface area contributed by atoms with Gasteiger partial charge in [0.15, 0.2) is 5.82 Å². The molecule has 0 saturated carbocycles. The molecule has 2 fully saturated rings. The lowest BCUT2D eigenvalue weighted by Crippen LogP contribution is -2.52. The van der Waals surface area contributed by atoms with Gasteiger partial charge < -0.3 is 14.2 Å². The maximum Gasteiger partial charge on any atom is 0.243 e. The summed E-state index contributed by atoms with van der Waals surface area (Å²) in [6.07, 6.45) is 0. The number of hydrogen-bond acceptors (Lipinski definition) is 7. The molecule has 0 aliphatic carbocycles. The molecule has 2 aliphatic heterocycles. The second-order valence-electron chi connectivity index (χ2n) is 8.19. The van der Waals surface area contributed by atoms with Crippen LogP contribution in [0.15, 0.2) is 4.52 Å². The Bertz CT molecular complexity index is 598. The van der Waals surface area contributed by atoms with Crippen LogP contribution in [-0.2, 0) is 14.9 Å². The Balaban J connectivity index is 1.49. The Labute approximate surface area is 155 Å². The third-order valence-electron chi connectivity index (χ3n) is 5.15. The van der Waals surface area contributed by atoms with Crippen molar-refractivity contribution >= 4 is 5.91 Å². The van der Waals surface area contributed by atoms with Gasteiger partial charge in [0, 0.05) is 44.7 Å². The molecule has 26 heavy (non-hydrogen) atoms. The molecule has 2 saturated heterocycles. The van der Waals surface area contributed by atoms with Crippen LogP contribution in [0.25, 0.3) is 0 Å². The third kappa shape index (κ3) is 4.61. The molecule has 146 valence electrons. The standard InChI is InChI=1S/C18H31N5O3/c1-14(16-19-17(20-26-16)18(2,3)4)22-5-7-23(8-6-22)15(24)13-21-9-11-25-12-10-21/h14H,5-13H2,1-4H3/t14-/m0/s1. The highest BCUT2D eigenvalue weighted by Crippen LogP contribution is 2.24. The Morgan fingerprint density at radius 2 is 1.77 bits per heavy atom. The zero-order valence-corrected chi connectivity index (χ0v) is 16.4. The lowest BCUT2D eigenvalue weighted by atomic mass is 9.96. The summed E-state index contributed by atoms with van der Waals surface area (Å²) in [6, 6.07) is 0.0649. The van der Waals surface area contributed by atoms with Crippen LogP contribution in [0.3, 0.4) is 0 Å². The van der Waals surface area contributed by atoms with Crippen LogP contribution in [0.1, 0.15) is 45.5 Å². The fourth-order valence-corrected chi connectivity index (χ4v) is 3.27. The second-order valence-corrected chi connectivity index (χ2v) is 8.19. The third-order valence-corrected chi connectivity index (χ3v) is 5.15. The minimum Gasteiger partial charge on any atom is -0.379 e. The van der Waals surface area contributed by atoms with Crippen molar-refractivity contribution in [1.29, 1.82) is 0 Å². The van der Waals surface area contributed by atoms with E-state index in [0.717, 1.165) is 58.3 Å². The van der Waals surface area contributed by atoms with Crippen LogP contribution < -0.4 is 0 Å². The highest BCUT2D eigenvalue weighted by Gasteiger charge is 2.30. The van der Waals surface area contributed by atoms with Gasteiger partial charge in [-0.1, -0.05) is 25.9 Å². The first-order valence-corrected chi connectivity index (χ1v) is 9.50. The van der Waals surface area contributed by atoms with Gasteiger partial charge in [0.25, 0.3) is 0 Å². The summed E-state index contributed by atoms with van der Waals surface area (Å²) in [6.45, 7) is 15.1. The van der Waals surface area contributed by atoms with Crippen molar-refractivity contribution in [3.05, 3.63) is 11.7 Å². The summed E-state index contributed by atoms with van der Waals surface area (Å²) in [7, 11) is 0. The summed E-state index contributed by atoms with van der Waals surface area (Å²) in [5, 5.41) is 4.12. The lowest BCUT2D eigenvalue weighted by molar-refractivity contribution is -0.135. The van der Waals surface area contributed by atoms with Crippen molar-refractivity contribution in [3.8, 4) is 0 Å². The largest absolute Gasteiger partial charge is 0.379 e. The predicted octanol–water partition coefficient (Wildman–Crippen LogP) is 0.905. The first-order chi connectivity index (χ1) is 12.3. The Kier molecular flexibility index (Phi) is 5.94. The topological polar surface area (TPSA) is 74.9 Å². The van der Waals surface area contributed by atoms with Crippen LogP contribution in [0, 0.1) is 0 Å². The van der Waals surface area contributed by atoms with Crippen molar-refractivity contribution in [2.75, 3.05) is 59.0 Å². The molecule has 1 aromatic rings. The summed E-state index contributed by atoms with van der Waals surface area (Å²) >= 11 is 0. The molecule has 3 rings (SSSR count). The average molecular weight is 365 g/mol. The SMILES string of the molecule is C[C@@H](c1nc(C(C)(C)C)no1)N1CCN(C(=O)CN2CCOCC2)CC1. The lowest BCUT2D eigenvalue weighted by Gasteiger charge is -2.38. The number of piperazine rings is 1. The van der Waals surface area contributed by atoms with Gasteiger partial charge in [-0.05, 0) is 6.92 Å². The number of ether oxygens (including phenoxy) is 1. The quantitative estimate of drug-likeness (QED) is 0.785. The fraction of sp³-hybridized carbons (Fsp3) is 0.833. The molecule has 8 nitrogen and oxygen atoms in total. The molecule has 1 aromatic heterocycles. The zero-order valence-electron chi connectivity index (χ0n) is 16.4. The molecule has 0 bridgehead atoms. The van der Waals surface area contributed by atoms with Gasteiger partial charge in [-0.25, -0.2) is 0 Å². The second kappa shape index (κ2) is 8.02. The summed E-state index contributed by atoms with van der Waals surface area (Å²) in [5.74, 6) is 1.61. The highest BCUT2D eigenvalue weighted by molar-refractivity contribution is 5.78. The van der Waals surface area contributed by atoms with E-state index >= 15 is 0 Å². The number of carbonyl (C=O) groups excluding carboxylic acids is 1. The molecular formula is C18H31N5O3. The van der Waals surface area contributed by atoms with Gasteiger partial charge in [0.2, 0.25) is 11.8 Å². The smallest absolute Gasteiger partial charge is 0.243 e. The fourth-order valence-electron chi connectivity index (χ4n) is 3.27. The van der Waals surface area contributed by atoms with Crippen LogP contribution in [0.5, 0.6) is 0 Å². The number of aromatic nitrogens is 2. The molecule has 0 unspecified atom stereocenters. The molecule has 0 radical (unpaired) electrons. The predicted molar refractivity (Wildman–Crippen MR) is 96.8 cm³/mol. The van der Waals surface area contributed by atoms with E-state index in [-0.39, 0.29) is 17.4 Å². The van der Waals surface area contributed by atoms with Crippen molar-refractivity contribution in [3.63, 3.8) is 0 Å². The number of morpholine rings is 1. The van der Waals surface area contributed by atoms with E-state index in [2.05, 4.69) is 47.6 Å². The summed E-state index contributed by atoms with van der Waals surface area (Å²) in [4.78, 5) is 23.5. The Hall–Kier alpha value is -1.51. The van der Waals surface area contributed by atoms with Crippen molar-refractivity contribution < 1.29 is 14.1 Å². The van der Waals surface area contributed by atoms with E-state index in [4.69, 9.17) is 9.26 Å². The minimum atomic E-state index is -0.119. The van der Waals surface area contributed by atoms with Gasteiger partial charge in [0.1, 0.15) is 0 Å². The number of nitrogens with zero attached hydrogens (tertiary/aromatic N) is 5. The zero-order chi connectivity index (χ0) is 18.7. The van der Waals surface area contributed by atoms with Crippen LogP contribution in [0.2, 0.25) is 0 Å². The molecule has 1 amide bonds. The first-order valence-electron chi connectivity index (χ1n) is 9.50. The molecule has 8 heteroatoms. The van der Waals surface area contributed by atoms with E-state index in [1.807, 2.05) is 4.90 Å². The average Bonchev–Trinajstić information content (AvgIpc) is 3.12. The normalized spacial score (nSPS) is 21.8. The van der Waals surface area contributed by atoms with Crippen molar-refractivity contribution in [2.45, 2.75) is 39.2 Å². The molecule has 0 N–H and O–H groups in total. The van der Waals surface area contributed by atoms with E-state index < -0.39 is 0 Å². The van der Waals surface area contributed by atoms with Gasteiger partial charge in [-0.2, -0.15) is 4.98 Å². The van der Waals surface area contributed by atoms with Gasteiger partial charge in [-0.3, -0.25) is 14.6 Å². The van der Waals surface area contributed by atoms with Crippen LogP contribution >= 0.6 is 0 Å². The van der Waals surface area contributed by atoms with Crippen LogP contribution in [0.4, 0.5) is 0 Å². The Morgan fingerprint density at radius 1 is 1.12 bits per heavy atom. The van der Waals surface area contributed by atoms with Gasteiger partial charge in [0.05, 0.1) is 25.8 Å². The molecule has 3 heterocycles. The maximum absolute atomic E-state index is 12.5. The number of rotatable bonds is 4. The first kappa shape index (κ1) is 19.3. The maximum atomic E-state index is 12.5. The van der Waals surface area contributed by atoms with E-state index in [1.54, 1.807) is 0 Å². The van der Waals surface area contributed by atoms with Crippen molar-refractivity contribution in [2.24, 2.45) is 0 Å². The molecule has 0 aromatic carbocycles. The van der Waals surface area contributed by atoms with E-state index in [1.165, 1.54) is 0 Å². The Morgan fingerprint density at radius 3 is 2.35 bits per heavy atom. The van der Waals surface area contributed by atoms with Crippen molar-refractivity contribution in [1.82, 2.24) is 24.8 Å². The summed E-state index contributed by atoms with van der Waals surface area (Å²) in [5.41, 5.74) is -0.119. The highest BCUT2D eigenvalue weighted by atomic mass is 16.5. The summed E-state index contributed by atoms with van der Waals surface area (Å²) < 4.78 is 10.8. The number of amides is 1. The molecule has 0 spiro atoms. The van der Waals surface area contributed by atoms with E-state index in [0.29, 0.717) is 12.4 Å².